The second-order valence-corrected chi connectivity index (χ2v) is 9.04. The maximum atomic E-state index is 15.4. The molecule has 0 atom stereocenters. The molecule has 8 heteroatoms. The van der Waals surface area contributed by atoms with E-state index in [-0.39, 0.29) is 11.0 Å². The van der Waals surface area contributed by atoms with Crippen LogP contribution in [0.5, 0.6) is 5.75 Å². The number of halogens is 1. The Morgan fingerprint density at radius 2 is 1.91 bits per heavy atom. The molecule has 1 amide bonds. The third kappa shape index (κ3) is 4.39. The van der Waals surface area contributed by atoms with Crippen molar-refractivity contribution in [2.75, 3.05) is 11.5 Å². The Labute approximate surface area is 197 Å². The molecule has 0 spiro atoms. The third-order valence-electron chi connectivity index (χ3n) is 5.45. The summed E-state index contributed by atoms with van der Waals surface area (Å²) < 4.78 is 23.7. The maximum absolute atomic E-state index is 15.4. The average molecular weight is 465 g/mol. The van der Waals surface area contributed by atoms with Gasteiger partial charge in [0.25, 0.3) is 5.91 Å². The van der Waals surface area contributed by atoms with Gasteiger partial charge in [-0.3, -0.25) is 10.2 Å². The Morgan fingerprint density at radius 1 is 1.12 bits per heavy atom. The first-order valence-electron chi connectivity index (χ1n) is 10.4. The monoisotopic (exact) mass is 464 g/mol. The van der Waals surface area contributed by atoms with Crippen molar-refractivity contribution in [3.05, 3.63) is 83.9 Å². The number of nitrogens with one attached hydrogen (secondary N) is 1. The number of rotatable bonds is 5. The summed E-state index contributed by atoms with van der Waals surface area (Å²) in [6.45, 7) is 6.26. The van der Waals surface area contributed by atoms with Crippen molar-refractivity contribution < 1.29 is 13.9 Å². The van der Waals surface area contributed by atoms with E-state index in [1.54, 1.807) is 48.5 Å². The lowest BCUT2D eigenvalue weighted by atomic mass is 9.87. The minimum Gasteiger partial charge on any atom is -0.494 e. The van der Waals surface area contributed by atoms with Gasteiger partial charge in [-0.1, -0.05) is 45.0 Å². The van der Waals surface area contributed by atoms with Crippen molar-refractivity contribution in [1.29, 1.82) is 0 Å². The van der Waals surface area contributed by atoms with Crippen LogP contribution in [0.2, 0.25) is 0 Å². The fourth-order valence-corrected chi connectivity index (χ4v) is 3.88. The predicted octanol–water partition coefficient (Wildman–Crippen LogP) is 5.47. The molecule has 1 aromatic heterocycles. The zero-order valence-electron chi connectivity index (χ0n) is 18.8. The van der Waals surface area contributed by atoms with Crippen molar-refractivity contribution in [2.45, 2.75) is 26.2 Å². The molecule has 4 aromatic rings. The molecule has 1 N–H and O–H groups in total. The molecule has 0 saturated carbocycles. The highest BCUT2D eigenvalue weighted by Gasteiger charge is 2.21. The van der Waals surface area contributed by atoms with Crippen LogP contribution < -0.4 is 14.6 Å². The summed E-state index contributed by atoms with van der Waals surface area (Å²) in [6, 6.07) is 15.9. The number of methoxy groups -OCH3 is 1. The molecule has 4 rings (SSSR count). The smallest absolute Gasteiger partial charge is 0.273 e. The Bertz CT molecular complexity index is 1320. The van der Waals surface area contributed by atoms with E-state index in [1.807, 2.05) is 24.3 Å². The summed E-state index contributed by atoms with van der Waals surface area (Å²) in [4.78, 5) is 13.0. The topological polar surface area (TPSA) is 59.4 Å². The molecule has 0 aliphatic rings. The van der Waals surface area contributed by atoms with Gasteiger partial charge in [-0.15, -0.1) is 0 Å². The number of ether oxygens (including phenoxy) is 1. The number of nitrogens with zero attached hydrogens (tertiary/aromatic N) is 3. The first-order valence-corrected chi connectivity index (χ1v) is 10.8. The molecule has 0 saturated heterocycles. The number of benzene rings is 3. The van der Waals surface area contributed by atoms with Crippen LogP contribution in [0.1, 0.15) is 36.7 Å². The SMILES string of the molecule is COc1ccc(C(C)(C)C)cc1N(S)NC(=O)c1ccc2c(-n3cccn3)cccc2c1F. The van der Waals surface area contributed by atoms with E-state index in [9.17, 15) is 4.79 Å². The molecule has 0 aliphatic heterocycles. The summed E-state index contributed by atoms with van der Waals surface area (Å²) in [5.74, 6) is -0.714. The average Bonchev–Trinajstić information content (AvgIpc) is 3.32. The first kappa shape index (κ1) is 22.7. The van der Waals surface area contributed by atoms with Crippen molar-refractivity contribution in [1.82, 2.24) is 15.2 Å². The standard InChI is InChI=1S/C25H25FN4O2S/c1-25(2,3)16-9-12-22(32-4)21(15-16)30(33)28-24(31)19-11-10-17-18(23(19)26)7-5-8-20(17)29-14-6-13-27-29/h5-15,33H,1-4H3,(H,28,31). The Morgan fingerprint density at radius 3 is 2.58 bits per heavy atom. The van der Waals surface area contributed by atoms with Crippen LogP contribution >= 0.6 is 12.8 Å². The van der Waals surface area contributed by atoms with Crippen LogP contribution in [-0.2, 0) is 5.41 Å². The minimum atomic E-state index is -0.628. The molecule has 6 nitrogen and oxygen atoms in total. The molecule has 33 heavy (non-hydrogen) atoms. The van der Waals surface area contributed by atoms with E-state index in [4.69, 9.17) is 4.74 Å². The summed E-state index contributed by atoms with van der Waals surface area (Å²) in [7, 11) is 1.54. The highest BCUT2D eigenvalue weighted by atomic mass is 32.1. The van der Waals surface area contributed by atoms with E-state index in [0.29, 0.717) is 22.2 Å². The number of fused-ring (bicyclic) bond motifs is 1. The number of anilines is 1. The summed E-state index contributed by atoms with van der Waals surface area (Å²) >= 11 is 4.43. The Hall–Kier alpha value is -3.52. The zero-order valence-corrected chi connectivity index (χ0v) is 19.7. The van der Waals surface area contributed by atoms with Gasteiger partial charge < -0.3 is 4.74 Å². The predicted molar refractivity (Wildman–Crippen MR) is 132 cm³/mol. The van der Waals surface area contributed by atoms with Crippen molar-refractivity contribution >= 4 is 35.2 Å². The lowest BCUT2D eigenvalue weighted by Crippen LogP contribution is -2.36. The van der Waals surface area contributed by atoms with E-state index >= 15 is 4.39 Å². The number of carbonyl (C=O) groups excluding carboxylic acids is 1. The number of amides is 1. The van der Waals surface area contributed by atoms with Crippen LogP contribution in [0.25, 0.3) is 16.5 Å². The van der Waals surface area contributed by atoms with Gasteiger partial charge in [0.2, 0.25) is 0 Å². The van der Waals surface area contributed by atoms with Crippen LogP contribution in [0, 0.1) is 5.82 Å². The van der Waals surface area contributed by atoms with Crippen molar-refractivity contribution in [3.63, 3.8) is 0 Å². The third-order valence-corrected chi connectivity index (χ3v) is 5.76. The van der Waals surface area contributed by atoms with Gasteiger partial charge >= 0.3 is 0 Å². The quantitative estimate of drug-likeness (QED) is 0.304. The van der Waals surface area contributed by atoms with Gasteiger partial charge in [-0.25, -0.2) is 13.5 Å². The second kappa shape index (κ2) is 8.78. The highest BCUT2D eigenvalue weighted by Crippen LogP contribution is 2.34. The van der Waals surface area contributed by atoms with Crippen LogP contribution in [0.4, 0.5) is 10.1 Å². The molecule has 3 aromatic carbocycles. The van der Waals surface area contributed by atoms with Crippen molar-refractivity contribution in [3.8, 4) is 11.4 Å². The fraction of sp³-hybridized carbons (Fsp3) is 0.200. The van der Waals surface area contributed by atoms with Crippen molar-refractivity contribution in [2.24, 2.45) is 0 Å². The number of carbonyl (C=O) groups is 1. The summed E-state index contributed by atoms with van der Waals surface area (Å²) in [5, 5.41) is 5.20. The second-order valence-electron chi connectivity index (χ2n) is 8.64. The molecule has 0 aliphatic carbocycles. The summed E-state index contributed by atoms with van der Waals surface area (Å²) in [5.41, 5.74) is 4.73. The van der Waals surface area contributed by atoms with Crippen LogP contribution in [0.3, 0.4) is 0 Å². The zero-order chi connectivity index (χ0) is 23.8. The molecule has 0 fully saturated rings. The lowest BCUT2D eigenvalue weighted by molar-refractivity contribution is 0.0953. The first-order chi connectivity index (χ1) is 15.7. The fourth-order valence-electron chi connectivity index (χ4n) is 3.63. The molecular formula is C25H25FN4O2S. The maximum Gasteiger partial charge on any atom is 0.273 e. The molecular weight excluding hydrogens is 439 g/mol. The lowest BCUT2D eigenvalue weighted by Gasteiger charge is -2.25. The minimum absolute atomic E-state index is 0.0925. The van der Waals surface area contributed by atoms with Gasteiger partial charge in [0.05, 0.1) is 18.4 Å². The van der Waals surface area contributed by atoms with E-state index in [0.717, 1.165) is 11.3 Å². The number of aromatic nitrogens is 2. The molecule has 0 bridgehead atoms. The van der Waals surface area contributed by atoms with Crippen LogP contribution in [0.15, 0.2) is 67.0 Å². The van der Waals surface area contributed by atoms with Crippen LogP contribution in [-0.4, -0.2) is 22.8 Å². The molecule has 1 heterocycles. The van der Waals surface area contributed by atoms with Gasteiger partial charge in [0.15, 0.2) is 0 Å². The number of hydrogen-bond acceptors (Lipinski definition) is 5. The van der Waals surface area contributed by atoms with E-state index in [1.165, 1.54) is 10.5 Å². The largest absolute Gasteiger partial charge is 0.494 e. The highest BCUT2D eigenvalue weighted by molar-refractivity contribution is 7.81. The number of hydrogen-bond donors (Lipinski definition) is 2. The molecule has 0 unspecified atom stereocenters. The molecule has 170 valence electrons. The van der Waals surface area contributed by atoms with Gasteiger partial charge in [0.1, 0.15) is 17.3 Å². The normalized spacial score (nSPS) is 11.5. The van der Waals surface area contributed by atoms with E-state index in [2.05, 4.69) is 44.1 Å². The molecule has 0 radical (unpaired) electrons. The van der Waals surface area contributed by atoms with Gasteiger partial charge in [-0.05, 0) is 54.1 Å². The van der Waals surface area contributed by atoms with E-state index < -0.39 is 11.7 Å². The Balaban J connectivity index is 1.67. The van der Waals surface area contributed by atoms with Gasteiger partial charge in [0, 0.05) is 23.2 Å². The number of hydrazine groups is 1. The number of thiol groups is 1. The van der Waals surface area contributed by atoms with Gasteiger partial charge in [-0.2, -0.15) is 5.10 Å². The Kier molecular flexibility index (Phi) is 6.03. The summed E-state index contributed by atoms with van der Waals surface area (Å²) in [6.07, 6.45) is 3.44.